The minimum absolute atomic E-state index is 0.286. The van der Waals surface area contributed by atoms with Gasteiger partial charge >= 0.3 is 7.82 Å². The number of hydrogen-bond donors (Lipinski definition) is 2. The van der Waals surface area contributed by atoms with Gasteiger partial charge in [-0.1, -0.05) is 77.6 Å². The van der Waals surface area contributed by atoms with E-state index in [1.54, 1.807) is 0 Å². The minimum atomic E-state index is -4.82. The molecule has 192 valence electrons. The Balaban J connectivity index is 1.80. The van der Waals surface area contributed by atoms with Crippen molar-refractivity contribution in [2.45, 2.75) is 103 Å². The zero-order chi connectivity index (χ0) is 25.2. The van der Waals surface area contributed by atoms with Crippen LogP contribution in [0.2, 0.25) is 0 Å². The van der Waals surface area contributed by atoms with E-state index in [2.05, 4.69) is 32.9 Å². The molecule has 0 bridgehead atoms. The second-order valence-electron chi connectivity index (χ2n) is 9.83. The van der Waals surface area contributed by atoms with Crippen LogP contribution in [0.5, 0.6) is 23.0 Å². The molecule has 2 aromatic rings. The fraction of sp³-hybridized carbons (Fsp3) is 0.571. The predicted molar refractivity (Wildman–Crippen MR) is 138 cm³/mol. The van der Waals surface area contributed by atoms with Crippen molar-refractivity contribution in [2.75, 3.05) is 0 Å². The van der Waals surface area contributed by atoms with E-state index in [0.29, 0.717) is 6.42 Å². The van der Waals surface area contributed by atoms with Gasteiger partial charge in [0.25, 0.3) is 0 Å². The van der Waals surface area contributed by atoms with E-state index in [9.17, 15) is 14.4 Å². The quantitative estimate of drug-likeness (QED) is 0.126. The molecule has 4 rings (SSSR count). The van der Waals surface area contributed by atoms with E-state index in [0.717, 1.165) is 97.5 Å². The first-order valence-electron chi connectivity index (χ1n) is 13.2. The van der Waals surface area contributed by atoms with Crippen molar-refractivity contribution in [1.82, 2.24) is 0 Å². The van der Waals surface area contributed by atoms with Crippen molar-refractivity contribution >= 4 is 7.82 Å². The van der Waals surface area contributed by atoms with Gasteiger partial charge in [0.2, 0.25) is 0 Å². The summed E-state index contributed by atoms with van der Waals surface area (Å²) in [6.45, 7) is 8.39. The van der Waals surface area contributed by atoms with Crippen LogP contribution in [0.15, 0.2) is 24.3 Å². The molecule has 2 aliphatic heterocycles. The predicted octanol–water partition coefficient (Wildman–Crippen LogP) is 8.27. The molecule has 6 nitrogen and oxygen atoms in total. The minimum Gasteiger partial charge on any atom is -0.449 e. The Hall–Kier alpha value is -1.85. The molecule has 2 N–H and O–H groups in total. The topological polar surface area (TPSA) is 91.8 Å². The lowest BCUT2D eigenvalue weighted by Crippen LogP contribution is -2.35. The van der Waals surface area contributed by atoms with Crippen LogP contribution < -0.4 is 9.47 Å². The molecule has 0 saturated heterocycles. The number of aryl methyl sites for hydroxylation is 2. The zero-order valence-corrected chi connectivity index (χ0v) is 22.3. The van der Waals surface area contributed by atoms with Crippen molar-refractivity contribution in [3.63, 3.8) is 0 Å². The average molecular weight is 503 g/mol. The molecule has 0 amide bonds. The second-order valence-corrected chi connectivity index (χ2v) is 11.0. The van der Waals surface area contributed by atoms with Crippen LogP contribution in [0.4, 0.5) is 0 Å². The van der Waals surface area contributed by atoms with Gasteiger partial charge in [0, 0.05) is 17.0 Å². The van der Waals surface area contributed by atoms with Crippen LogP contribution >= 0.6 is 7.82 Å². The number of hydrogen-bond acceptors (Lipinski definition) is 4. The van der Waals surface area contributed by atoms with E-state index < -0.39 is 13.4 Å². The molecule has 0 fully saturated rings. The fourth-order valence-corrected chi connectivity index (χ4v) is 6.20. The lowest BCUT2D eigenvalue weighted by molar-refractivity contribution is -0.00173. The first-order chi connectivity index (χ1) is 16.8. The summed E-state index contributed by atoms with van der Waals surface area (Å²) in [6, 6.07) is 8.20. The summed E-state index contributed by atoms with van der Waals surface area (Å²) in [5.41, 5.74) is 2.81. The van der Waals surface area contributed by atoms with Crippen LogP contribution in [0, 0.1) is 0 Å². The number of benzene rings is 2. The summed E-state index contributed by atoms with van der Waals surface area (Å²) in [7, 11) is -4.82. The Morgan fingerprint density at radius 1 is 0.829 bits per heavy atom. The molecule has 2 heterocycles. The monoisotopic (exact) mass is 502 g/mol. The molecule has 0 saturated carbocycles. The van der Waals surface area contributed by atoms with Gasteiger partial charge < -0.3 is 19.3 Å². The van der Waals surface area contributed by atoms with Crippen LogP contribution in [0.1, 0.15) is 107 Å². The van der Waals surface area contributed by atoms with Crippen molar-refractivity contribution in [3.05, 3.63) is 46.5 Å². The third-order valence-corrected chi connectivity index (χ3v) is 7.95. The van der Waals surface area contributed by atoms with E-state index in [1.165, 1.54) is 5.56 Å². The Labute approximate surface area is 209 Å². The summed E-state index contributed by atoms with van der Waals surface area (Å²) in [6.07, 6.45) is 9.26. The van der Waals surface area contributed by atoms with Gasteiger partial charge in [-0.2, -0.15) is 0 Å². The maximum atomic E-state index is 12.4. The number of phosphoric acid groups is 1. The van der Waals surface area contributed by atoms with E-state index >= 15 is 0 Å². The first-order valence-corrected chi connectivity index (χ1v) is 14.8. The highest BCUT2D eigenvalue weighted by Gasteiger charge is 2.52. The first kappa shape index (κ1) is 26.2. The molecular weight excluding hydrogens is 463 g/mol. The molecule has 2 unspecified atom stereocenters. The second kappa shape index (κ2) is 10.6. The number of fused-ring (bicyclic) bond motifs is 2. The highest BCUT2D eigenvalue weighted by Crippen LogP contribution is 2.65. The molecule has 2 atom stereocenters. The Morgan fingerprint density at radius 3 is 1.97 bits per heavy atom. The van der Waals surface area contributed by atoms with E-state index in [-0.39, 0.29) is 5.92 Å². The van der Waals surface area contributed by atoms with Gasteiger partial charge in [-0.3, -0.25) is 4.52 Å². The number of unbranched alkanes of at least 4 members (excludes halogenated alkanes) is 3. The molecular formula is C28H39O6P. The average Bonchev–Trinajstić information content (AvgIpc) is 3.73. The number of phosphoric ester groups is 1. The molecule has 2 aliphatic rings. The Morgan fingerprint density at radius 2 is 1.40 bits per heavy atom. The third kappa shape index (κ3) is 5.46. The van der Waals surface area contributed by atoms with E-state index in [1.807, 2.05) is 19.1 Å². The summed E-state index contributed by atoms with van der Waals surface area (Å²) < 4.78 is 30.2. The highest BCUT2D eigenvalue weighted by molar-refractivity contribution is 7.46. The van der Waals surface area contributed by atoms with Crippen molar-refractivity contribution < 1.29 is 28.3 Å². The molecule has 0 spiro atoms. The van der Waals surface area contributed by atoms with Crippen LogP contribution in [0.25, 0.3) is 0 Å². The Kier molecular flexibility index (Phi) is 7.97. The lowest BCUT2D eigenvalue weighted by atomic mass is 9.73. The van der Waals surface area contributed by atoms with Crippen molar-refractivity contribution in [2.24, 2.45) is 0 Å². The SMILES string of the molecule is CCCCc1ccc(C(CCCC)C(CC)(OP(=O)(O)O)c2ccc(CCCC)c3c2O3)c2c1O2. The van der Waals surface area contributed by atoms with Crippen LogP contribution in [-0.4, -0.2) is 9.79 Å². The van der Waals surface area contributed by atoms with Gasteiger partial charge in [-0.25, -0.2) is 4.57 Å². The Bertz CT molecular complexity index is 1110. The van der Waals surface area contributed by atoms with Crippen molar-refractivity contribution in [3.8, 4) is 23.0 Å². The summed E-state index contributed by atoms with van der Waals surface area (Å²) >= 11 is 0. The molecule has 0 aliphatic carbocycles. The van der Waals surface area contributed by atoms with Crippen LogP contribution in [0.3, 0.4) is 0 Å². The maximum Gasteiger partial charge on any atom is 0.470 e. The maximum absolute atomic E-state index is 12.4. The van der Waals surface area contributed by atoms with Gasteiger partial charge in [-0.15, -0.1) is 0 Å². The normalized spacial score (nSPS) is 15.9. The van der Waals surface area contributed by atoms with Gasteiger partial charge in [0.15, 0.2) is 23.0 Å². The fourth-order valence-electron chi connectivity index (χ4n) is 5.42. The summed E-state index contributed by atoms with van der Waals surface area (Å²) in [4.78, 5) is 20.2. The zero-order valence-electron chi connectivity index (χ0n) is 21.4. The molecule has 7 heteroatoms. The van der Waals surface area contributed by atoms with Gasteiger partial charge in [-0.05, 0) is 49.7 Å². The third-order valence-electron chi connectivity index (χ3n) is 7.39. The molecule has 0 radical (unpaired) electrons. The smallest absolute Gasteiger partial charge is 0.449 e. The molecule has 2 aromatic carbocycles. The highest BCUT2D eigenvalue weighted by atomic mass is 31.2. The van der Waals surface area contributed by atoms with Crippen molar-refractivity contribution in [1.29, 1.82) is 0 Å². The van der Waals surface area contributed by atoms with Gasteiger partial charge in [0.1, 0.15) is 5.60 Å². The van der Waals surface area contributed by atoms with E-state index in [4.69, 9.17) is 14.0 Å². The van der Waals surface area contributed by atoms with Crippen LogP contribution in [-0.2, 0) is 27.5 Å². The molecule has 0 aromatic heterocycles. The summed E-state index contributed by atoms with van der Waals surface area (Å²) in [5.74, 6) is 3.07. The summed E-state index contributed by atoms with van der Waals surface area (Å²) in [5, 5.41) is 0. The number of rotatable bonds is 15. The lowest BCUT2D eigenvalue weighted by Gasteiger charge is -2.40. The largest absolute Gasteiger partial charge is 0.470 e. The number of ether oxygens (including phenoxy) is 2. The van der Waals surface area contributed by atoms with Gasteiger partial charge in [0.05, 0.1) is 0 Å². The standard InChI is InChI=1S/C28H39O6P/c1-5-9-12-19-15-17-21(26-24(19)32-26)22(14-11-7-3)28(8-4,34-35(29,30)31)23-18-16-20(13-10-6-2)25-27(23)33-25/h15-18,22H,5-14H2,1-4H3,(H2,29,30,31). The molecule has 35 heavy (non-hydrogen) atoms.